The quantitative estimate of drug-likeness (QED) is 0.900. The Morgan fingerprint density at radius 3 is 2.86 bits per heavy atom. The van der Waals surface area contributed by atoms with Gasteiger partial charge in [0.05, 0.1) is 18.0 Å². The summed E-state index contributed by atoms with van der Waals surface area (Å²) < 4.78 is 33.3. The zero-order chi connectivity index (χ0) is 15.7. The monoisotopic (exact) mass is 321 g/mol. The number of benzene rings is 1. The van der Waals surface area contributed by atoms with Gasteiger partial charge < -0.3 is 4.74 Å². The molecule has 1 aromatic heterocycles. The molecule has 22 heavy (non-hydrogen) atoms. The molecule has 0 bridgehead atoms. The summed E-state index contributed by atoms with van der Waals surface area (Å²) in [5.41, 5.74) is 2.09. The van der Waals surface area contributed by atoms with Gasteiger partial charge in [-0.3, -0.25) is 5.10 Å². The summed E-state index contributed by atoms with van der Waals surface area (Å²) in [7, 11) is -3.56. The lowest BCUT2D eigenvalue weighted by Gasteiger charge is -2.26. The van der Waals surface area contributed by atoms with Crippen molar-refractivity contribution < 1.29 is 13.2 Å². The maximum atomic E-state index is 12.5. The molecule has 0 radical (unpaired) electrons. The van der Waals surface area contributed by atoms with Crippen LogP contribution in [0.15, 0.2) is 29.2 Å². The summed E-state index contributed by atoms with van der Waals surface area (Å²) in [5, 5.41) is 6.66. The van der Waals surface area contributed by atoms with Gasteiger partial charge in [-0.05, 0) is 31.9 Å². The van der Waals surface area contributed by atoms with Gasteiger partial charge in [0.2, 0.25) is 10.0 Å². The minimum atomic E-state index is -3.56. The number of nitrogens with zero attached hydrogens (tertiary/aromatic N) is 1. The van der Waals surface area contributed by atoms with Crippen molar-refractivity contribution in [2.45, 2.75) is 31.1 Å². The number of fused-ring (bicyclic) bond motifs is 1. The number of ether oxygens (including phenoxy) is 1. The highest BCUT2D eigenvalue weighted by molar-refractivity contribution is 7.89. The second-order valence-electron chi connectivity index (χ2n) is 5.49. The zero-order valence-corrected chi connectivity index (χ0v) is 13.4. The number of hydrogen-bond acceptors (Lipinski definition) is 4. The highest BCUT2D eigenvalue weighted by atomic mass is 32.2. The van der Waals surface area contributed by atoms with Crippen molar-refractivity contribution in [1.82, 2.24) is 14.9 Å². The fraction of sp³-hybridized carbons (Fsp3) is 0.400. The van der Waals surface area contributed by atoms with Crippen LogP contribution in [0.3, 0.4) is 0 Å². The Morgan fingerprint density at radius 1 is 1.36 bits per heavy atom. The number of para-hydroxylation sites is 1. The van der Waals surface area contributed by atoms with Crippen LogP contribution < -0.4 is 9.46 Å². The molecule has 2 heterocycles. The van der Waals surface area contributed by atoms with Crippen LogP contribution in [0.2, 0.25) is 0 Å². The topological polar surface area (TPSA) is 84.1 Å². The first-order valence-corrected chi connectivity index (χ1v) is 8.70. The van der Waals surface area contributed by atoms with Crippen LogP contribution in [0.4, 0.5) is 0 Å². The van der Waals surface area contributed by atoms with Gasteiger partial charge in [-0.1, -0.05) is 18.2 Å². The SMILES string of the molecule is Cc1n[nH]c(C)c1S(=O)(=O)NCC1CCOc2ccccc21. The third-order valence-corrected chi connectivity index (χ3v) is 5.62. The van der Waals surface area contributed by atoms with E-state index in [1.54, 1.807) is 13.8 Å². The Hall–Kier alpha value is -1.86. The highest BCUT2D eigenvalue weighted by Gasteiger charge is 2.26. The predicted molar refractivity (Wildman–Crippen MR) is 82.5 cm³/mol. The first-order valence-electron chi connectivity index (χ1n) is 7.22. The summed E-state index contributed by atoms with van der Waals surface area (Å²) >= 11 is 0. The van der Waals surface area contributed by atoms with Gasteiger partial charge in [0.1, 0.15) is 10.6 Å². The fourth-order valence-electron chi connectivity index (χ4n) is 2.85. The lowest BCUT2D eigenvalue weighted by atomic mass is 9.93. The summed E-state index contributed by atoms with van der Waals surface area (Å²) in [4.78, 5) is 0.243. The molecule has 3 rings (SSSR count). The van der Waals surface area contributed by atoms with Crippen LogP contribution in [-0.2, 0) is 10.0 Å². The molecule has 0 fully saturated rings. The molecule has 0 amide bonds. The number of aromatic amines is 1. The lowest BCUT2D eigenvalue weighted by Crippen LogP contribution is -2.31. The number of rotatable bonds is 4. The van der Waals surface area contributed by atoms with E-state index in [1.165, 1.54) is 0 Å². The normalized spacial score (nSPS) is 17.8. The van der Waals surface area contributed by atoms with E-state index in [1.807, 2.05) is 24.3 Å². The van der Waals surface area contributed by atoms with E-state index >= 15 is 0 Å². The molecule has 1 aromatic carbocycles. The summed E-state index contributed by atoms with van der Waals surface area (Å²) in [6.07, 6.45) is 0.795. The Labute approximate surface area is 129 Å². The van der Waals surface area contributed by atoms with E-state index in [-0.39, 0.29) is 10.8 Å². The minimum absolute atomic E-state index is 0.118. The van der Waals surface area contributed by atoms with Crippen molar-refractivity contribution in [3.63, 3.8) is 0 Å². The summed E-state index contributed by atoms with van der Waals surface area (Å²) in [6, 6.07) is 7.77. The van der Waals surface area contributed by atoms with Gasteiger partial charge in [0, 0.05) is 12.5 Å². The maximum absolute atomic E-state index is 12.5. The highest BCUT2D eigenvalue weighted by Crippen LogP contribution is 2.33. The standard InChI is InChI=1S/C15H19N3O3S/c1-10-15(11(2)18-17-10)22(19,20)16-9-12-7-8-21-14-6-4-3-5-13(12)14/h3-6,12,16H,7-9H2,1-2H3,(H,17,18). The van der Waals surface area contributed by atoms with E-state index in [2.05, 4.69) is 14.9 Å². The molecule has 1 unspecified atom stereocenters. The molecule has 2 aromatic rings. The first kappa shape index (κ1) is 15.1. The van der Waals surface area contributed by atoms with Crippen LogP contribution in [0.1, 0.15) is 29.3 Å². The Bertz CT molecular complexity index is 764. The van der Waals surface area contributed by atoms with Crippen LogP contribution in [0, 0.1) is 13.8 Å². The summed E-state index contributed by atoms with van der Waals surface area (Å²) in [5.74, 6) is 0.959. The molecule has 1 aliphatic rings. The molecule has 0 aliphatic carbocycles. The molecule has 0 saturated carbocycles. The first-order chi connectivity index (χ1) is 10.5. The Morgan fingerprint density at radius 2 is 2.14 bits per heavy atom. The predicted octanol–water partition coefficient (Wildman–Crippen LogP) is 1.87. The number of hydrogen-bond donors (Lipinski definition) is 2. The van der Waals surface area contributed by atoms with Crippen molar-refractivity contribution in [2.75, 3.05) is 13.2 Å². The summed E-state index contributed by atoms with van der Waals surface area (Å²) in [6.45, 7) is 4.35. The molecule has 1 atom stereocenters. The van der Waals surface area contributed by atoms with Crippen molar-refractivity contribution in [1.29, 1.82) is 0 Å². The largest absolute Gasteiger partial charge is 0.493 e. The van der Waals surface area contributed by atoms with Crippen molar-refractivity contribution in [3.8, 4) is 5.75 Å². The minimum Gasteiger partial charge on any atom is -0.493 e. The molecule has 7 heteroatoms. The number of H-pyrrole nitrogens is 1. The van der Waals surface area contributed by atoms with Crippen LogP contribution >= 0.6 is 0 Å². The number of nitrogens with one attached hydrogen (secondary N) is 2. The van der Waals surface area contributed by atoms with Gasteiger partial charge in [0.25, 0.3) is 0 Å². The molecule has 1 aliphatic heterocycles. The van der Waals surface area contributed by atoms with E-state index in [9.17, 15) is 8.42 Å². The maximum Gasteiger partial charge on any atom is 0.244 e. The van der Waals surface area contributed by atoms with Gasteiger partial charge in [0.15, 0.2) is 0 Å². The number of sulfonamides is 1. The molecule has 118 valence electrons. The van der Waals surface area contributed by atoms with E-state index in [0.29, 0.717) is 24.5 Å². The molecule has 6 nitrogen and oxygen atoms in total. The number of aromatic nitrogens is 2. The van der Waals surface area contributed by atoms with Crippen molar-refractivity contribution in [3.05, 3.63) is 41.2 Å². The Balaban J connectivity index is 1.79. The third kappa shape index (κ3) is 2.74. The van der Waals surface area contributed by atoms with Gasteiger partial charge in [-0.2, -0.15) is 5.10 Å². The second-order valence-corrected chi connectivity index (χ2v) is 7.19. The Kier molecular flexibility index (Phi) is 3.92. The average molecular weight is 321 g/mol. The fourth-order valence-corrected chi connectivity index (χ4v) is 4.30. The second kappa shape index (κ2) is 5.73. The molecule has 0 spiro atoms. The van der Waals surface area contributed by atoms with Crippen LogP contribution in [-0.4, -0.2) is 31.8 Å². The zero-order valence-electron chi connectivity index (χ0n) is 12.6. The smallest absolute Gasteiger partial charge is 0.244 e. The molecule has 0 saturated heterocycles. The van der Waals surface area contributed by atoms with Gasteiger partial charge in [-0.15, -0.1) is 0 Å². The lowest BCUT2D eigenvalue weighted by molar-refractivity contribution is 0.267. The molecular formula is C15H19N3O3S. The molecular weight excluding hydrogens is 302 g/mol. The average Bonchev–Trinajstić information content (AvgIpc) is 2.85. The van der Waals surface area contributed by atoms with Crippen molar-refractivity contribution >= 4 is 10.0 Å². The number of aryl methyl sites for hydroxylation is 2. The van der Waals surface area contributed by atoms with Crippen LogP contribution in [0.5, 0.6) is 5.75 Å². The van der Waals surface area contributed by atoms with E-state index in [4.69, 9.17) is 4.74 Å². The van der Waals surface area contributed by atoms with Crippen molar-refractivity contribution in [2.24, 2.45) is 0 Å². The third-order valence-electron chi connectivity index (χ3n) is 3.93. The van der Waals surface area contributed by atoms with E-state index in [0.717, 1.165) is 17.7 Å². The van der Waals surface area contributed by atoms with Gasteiger partial charge in [-0.25, -0.2) is 13.1 Å². The van der Waals surface area contributed by atoms with Crippen LogP contribution in [0.25, 0.3) is 0 Å². The van der Waals surface area contributed by atoms with Gasteiger partial charge >= 0.3 is 0 Å². The van der Waals surface area contributed by atoms with E-state index < -0.39 is 10.0 Å². The molecule has 2 N–H and O–H groups in total.